The molecule has 1 aliphatic heterocycles. The average Bonchev–Trinajstić information content (AvgIpc) is 3.37. The zero-order valence-corrected chi connectivity index (χ0v) is 17.3. The number of H-pyrrole nitrogens is 1. The van der Waals surface area contributed by atoms with Crippen LogP contribution in [0.1, 0.15) is 55.8 Å². The molecule has 0 aromatic carbocycles. The maximum absolute atomic E-state index is 15.6. The van der Waals surface area contributed by atoms with Crippen molar-refractivity contribution in [1.82, 2.24) is 14.5 Å². The van der Waals surface area contributed by atoms with E-state index in [-0.39, 0.29) is 23.9 Å². The van der Waals surface area contributed by atoms with Crippen molar-refractivity contribution in [2.75, 3.05) is 20.2 Å². The van der Waals surface area contributed by atoms with Crippen LogP contribution in [0.25, 0.3) is 5.76 Å². The molecule has 0 amide bonds. The van der Waals surface area contributed by atoms with Crippen molar-refractivity contribution in [2.45, 2.75) is 62.8 Å². The fourth-order valence-electron chi connectivity index (χ4n) is 5.08. The van der Waals surface area contributed by atoms with Gasteiger partial charge in [0.25, 0.3) is 5.56 Å². The third kappa shape index (κ3) is 3.93. The highest BCUT2D eigenvalue weighted by Crippen LogP contribution is 2.45. The lowest BCUT2D eigenvalue weighted by Gasteiger charge is -2.37. The van der Waals surface area contributed by atoms with Gasteiger partial charge in [0.05, 0.1) is 19.6 Å². The van der Waals surface area contributed by atoms with Crippen LogP contribution < -0.4 is 17.0 Å². The fourth-order valence-corrected chi connectivity index (χ4v) is 5.08. The summed E-state index contributed by atoms with van der Waals surface area (Å²) in [6.45, 7) is 2.29. The standard InChI is InChI=1S/C20H26F4N4O3/c1-9-15-13(18(29)26-19(30)28(15)11-3-4-11)17(31-2)14(21)16(9)27-6-5-10(8-27)12(25)7-20(22,23)24/h9-12,16H,3-8,25H2,1-2H3,(H,26,29,30). The van der Waals surface area contributed by atoms with Crippen LogP contribution in [0.15, 0.2) is 15.4 Å². The van der Waals surface area contributed by atoms with Crippen LogP contribution in [-0.4, -0.2) is 52.9 Å². The molecular formula is C20H26F4N4O3. The summed E-state index contributed by atoms with van der Waals surface area (Å²) in [5.74, 6) is -1.88. The molecule has 4 atom stereocenters. The van der Waals surface area contributed by atoms with Gasteiger partial charge in [-0.3, -0.25) is 19.2 Å². The summed E-state index contributed by atoms with van der Waals surface area (Å²) in [7, 11) is 1.25. The Labute approximate surface area is 175 Å². The van der Waals surface area contributed by atoms with Crippen molar-refractivity contribution in [2.24, 2.45) is 11.7 Å². The molecule has 4 rings (SSSR count). The van der Waals surface area contributed by atoms with Crippen molar-refractivity contribution in [1.29, 1.82) is 0 Å². The molecular weight excluding hydrogens is 420 g/mol. The second-order valence-electron chi connectivity index (χ2n) is 8.76. The number of nitrogens with two attached hydrogens (primary N) is 1. The van der Waals surface area contributed by atoms with Crippen molar-refractivity contribution >= 4 is 5.76 Å². The summed E-state index contributed by atoms with van der Waals surface area (Å²) < 4.78 is 60.6. The summed E-state index contributed by atoms with van der Waals surface area (Å²) in [5.41, 5.74) is 4.98. The average molecular weight is 446 g/mol. The number of methoxy groups -OCH3 is 1. The number of aromatic nitrogens is 2. The van der Waals surface area contributed by atoms with Gasteiger partial charge in [-0.15, -0.1) is 0 Å². The monoisotopic (exact) mass is 446 g/mol. The minimum absolute atomic E-state index is 0.0137. The van der Waals surface area contributed by atoms with Crippen LogP contribution in [0.2, 0.25) is 0 Å². The number of aromatic amines is 1. The lowest BCUT2D eigenvalue weighted by molar-refractivity contribution is -0.140. The van der Waals surface area contributed by atoms with E-state index in [0.29, 0.717) is 18.7 Å². The third-order valence-electron chi connectivity index (χ3n) is 6.63. The summed E-state index contributed by atoms with van der Waals surface area (Å²) in [4.78, 5) is 29.1. The highest BCUT2D eigenvalue weighted by Gasteiger charge is 2.46. The Bertz CT molecular complexity index is 1010. The van der Waals surface area contributed by atoms with Crippen molar-refractivity contribution in [3.63, 3.8) is 0 Å². The predicted molar refractivity (Wildman–Crippen MR) is 105 cm³/mol. The molecule has 11 heteroatoms. The highest BCUT2D eigenvalue weighted by molar-refractivity contribution is 5.67. The van der Waals surface area contributed by atoms with Gasteiger partial charge in [0.15, 0.2) is 11.6 Å². The Hall–Kier alpha value is -2.14. The Balaban J connectivity index is 1.71. The minimum Gasteiger partial charge on any atom is -0.493 e. The molecule has 1 aromatic heterocycles. The molecule has 3 aliphatic rings. The zero-order chi connectivity index (χ0) is 22.7. The lowest BCUT2D eigenvalue weighted by Crippen LogP contribution is -2.46. The molecule has 3 N–H and O–H groups in total. The van der Waals surface area contributed by atoms with Crippen LogP contribution in [0.4, 0.5) is 17.6 Å². The molecule has 2 fully saturated rings. The van der Waals surface area contributed by atoms with Gasteiger partial charge in [0.1, 0.15) is 5.56 Å². The van der Waals surface area contributed by atoms with Crippen molar-refractivity contribution in [3.05, 3.63) is 37.9 Å². The summed E-state index contributed by atoms with van der Waals surface area (Å²) >= 11 is 0. The summed E-state index contributed by atoms with van der Waals surface area (Å²) in [5, 5.41) is 0. The molecule has 0 bridgehead atoms. The number of hydrogen-bond donors (Lipinski definition) is 2. The molecule has 0 radical (unpaired) electrons. The Morgan fingerprint density at radius 3 is 2.52 bits per heavy atom. The second-order valence-corrected chi connectivity index (χ2v) is 8.76. The molecule has 2 heterocycles. The van der Waals surface area contributed by atoms with Crippen LogP contribution >= 0.6 is 0 Å². The van der Waals surface area contributed by atoms with E-state index >= 15 is 4.39 Å². The van der Waals surface area contributed by atoms with E-state index in [1.807, 2.05) is 0 Å². The van der Waals surface area contributed by atoms with E-state index in [0.717, 1.165) is 12.8 Å². The molecule has 1 aromatic rings. The first-order valence-electron chi connectivity index (χ1n) is 10.4. The number of alkyl halides is 3. The smallest absolute Gasteiger partial charge is 0.390 e. The van der Waals surface area contributed by atoms with Crippen molar-refractivity contribution < 1.29 is 22.3 Å². The van der Waals surface area contributed by atoms with Gasteiger partial charge in [0, 0.05) is 30.2 Å². The topological polar surface area (TPSA) is 93.3 Å². The highest BCUT2D eigenvalue weighted by atomic mass is 19.4. The number of fused-ring (bicyclic) bond motifs is 1. The maximum atomic E-state index is 15.6. The predicted octanol–water partition coefficient (Wildman–Crippen LogP) is 2.24. The van der Waals surface area contributed by atoms with Crippen LogP contribution in [0, 0.1) is 5.92 Å². The molecule has 31 heavy (non-hydrogen) atoms. The maximum Gasteiger partial charge on any atom is 0.390 e. The number of hydrogen-bond acceptors (Lipinski definition) is 5. The summed E-state index contributed by atoms with van der Waals surface area (Å²) in [6.07, 6.45) is -3.48. The van der Waals surface area contributed by atoms with E-state index in [1.165, 1.54) is 11.7 Å². The number of halogens is 4. The van der Waals surface area contributed by atoms with Crippen molar-refractivity contribution in [3.8, 4) is 0 Å². The SMILES string of the molecule is COC1=C(F)C(N2CCC(C(N)CC(F)(F)F)C2)C(C)c2c1c(=O)[nH]c(=O)n2C1CC1. The van der Waals surface area contributed by atoms with Gasteiger partial charge in [-0.1, -0.05) is 6.92 Å². The summed E-state index contributed by atoms with van der Waals surface area (Å²) in [6, 6.07) is -1.98. The van der Waals surface area contributed by atoms with Crippen LogP contribution in [0.3, 0.4) is 0 Å². The molecule has 1 saturated heterocycles. The van der Waals surface area contributed by atoms with E-state index in [2.05, 4.69) is 4.98 Å². The number of nitrogens with one attached hydrogen (secondary N) is 1. The third-order valence-corrected chi connectivity index (χ3v) is 6.63. The Morgan fingerprint density at radius 2 is 1.94 bits per heavy atom. The lowest BCUT2D eigenvalue weighted by atomic mass is 9.85. The largest absolute Gasteiger partial charge is 0.493 e. The van der Waals surface area contributed by atoms with E-state index < -0.39 is 53.6 Å². The first-order chi connectivity index (χ1) is 14.5. The normalized spacial score (nSPS) is 28.0. The zero-order valence-electron chi connectivity index (χ0n) is 17.3. The second kappa shape index (κ2) is 7.77. The Morgan fingerprint density at radius 1 is 1.26 bits per heavy atom. The molecule has 172 valence electrons. The van der Waals surface area contributed by atoms with E-state index in [1.54, 1.807) is 11.8 Å². The van der Waals surface area contributed by atoms with Gasteiger partial charge in [0.2, 0.25) is 0 Å². The van der Waals surface area contributed by atoms with Gasteiger partial charge in [-0.05, 0) is 31.7 Å². The quantitative estimate of drug-likeness (QED) is 0.677. The molecule has 0 spiro atoms. The van der Waals surface area contributed by atoms with Crippen LogP contribution in [0.5, 0.6) is 0 Å². The molecule has 2 aliphatic carbocycles. The molecule has 7 nitrogen and oxygen atoms in total. The molecule has 4 unspecified atom stereocenters. The van der Waals surface area contributed by atoms with Gasteiger partial charge in [-0.2, -0.15) is 13.2 Å². The number of rotatable bonds is 5. The van der Waals surface area contributed by atoms with Gasteiger partial charge < -0.3 is 10.5 Å². The van der Waals surface area contributed by atoms with E-state index in [4.69, 9.17) is 10.5 Å². The Kier molecular flexibility index (Phi) is 5.53. The number of nitrogens with zero attached hydrogens (tertiary/aromatic N) is 2. The van der Waals surface area contributed by atoms with E-state index in [9.17, 15) is 22.8 Å². The minimum atomic E-state index is -4.36. The van der Waals surface area contributed by atoms with Gasteiger partial charge >= 0.3 is 11.9 Å². The van der Waals surface area contributed by atoms with Gasteiger partial charge in [-0.25, -0.2) is 9.18 Å². The fraction of sp³-hybridized carbons (Fsp3) is 0.700. The first-order valence-corrected chi connectivity index (χ1v) is 10.4. The number of likely N-dealkylation sites (tertiary alicyclic amines) is 1. The molecule has 1 saturated carbocycles. The first kappa shape index (κ1) is 22.1. The number of ether oxygens (including phenoxy) is 1. The van der Waals surface area contributed by atoms with Crippen LogP contribution in [-0.2, 0) is 4.74 Å².